The third-order valence-corrected chi connectivity index (χ3v) is 4.45. The van der Waals surface area contributed by atoms with Crippen LogP contribution in [-0.2, 0) is 0 Å². The first-order chi connectivity index (χ1) is 7.18. The molecule has 1 saturated heterocycles. The van der Waals surface area contributed by atoms with Gasteiger partial charge in [0.2, 0.25) is 0 Å². The molecule has 0 aromatic rings. The highest BCUT2D eigenvalue weighted by Crippen LogP contribution is 2.32. The second-order valence-electron chi connectivity index (χ2n) is 5.44. The van der Waals surface area contributed by atoms with Gasteiger partial charge in [-0.2, -0.15) is 0 Å². The van der Waals surface area contributed by atoms with Crippen LogP contribution in [0.4, 0.5) is 0 Å². The number of aliphatic hydroxyl groups excluding tert-OH is 1. The van der Waals surface area contributed by atoms with E-state index in [1.165, 1.54) is 32.2 Å². The van der Waals surface area contributed by atoms with Gasteiger partial charge in [0.1, 0.15) is 0 Å². The summed E-state index contributed by atoms with van der Waals surface area (Å²) in [5.74, 6) is 0. The Bertz CT molecular complexity index is 214. The minimum atomic E-state index is 0.0303. The number of rotatable bonds is 3. The number of aliphatic hydroxyl groups is 1. The normalized spacial score (nSPS) is 34.4. The number of hydrogen-bond donors (Lipinski definition) is 1. The van der Waals surface area contributed by atoms with Crippen molar-refractivity contribution in [2.45, 2.75) is 43.7 Å². The Labute approximate surface area is 93.1 Å². The Morgan fingerprint density at radius 2 is 2.00 bits per heavy atom. The summed E-state index contributed by atoms with van der Waals surface area (Å²) in [5, 5.41) is 9.58. The summed E-state index contributed by atoms with van der Waals surface area (Å²) in [6.45, 7) is 2.52. The van der Waals surface area contributed by atoms with Gasteiger partial charge in [-0.3, -0.25) is 4.90 Å². The van der Waals surface area contributed by atoms with Crippen molar-refractivity contribution in [2.75, 3.05) is 33.8 Å². The molecule has 1 aliphatic carbocycles. The lowest BCUT2D eigenvalue weighted by molar-refractivity contribution is 0.0691. The highest BCUT2D eigenvalue weighted by Gasteiger charge is 2.41. The molecule has 88 valence electrons. The van der Waals surface area contributed by atoms with Crippen molar-refractivity contribution in [3.8, 4) is 0 Å². The first kappa shape index (κ1) is 11.4. The zero-order chi connectivity index (χ0) is 10.9. The maximum atomic E-state index is 9.58. The van der Waals surface area contributed by atoms with Gasteiger partial charge in [0.15, 0.2) is 0 Å². The standard InChI is InChI=1S/C12H24N2O/c1-13(2)12(10-15)7-8-14(9-12)11-5-3-4-6-11/h11,15H,3-10H2,1-2H3. The molecule has 1 unspecified atom stereocenters. The lowest BCUT2D eigenvalue weighted by Crippen LogP contribution is -2.50. The summed E-state index contributed by atoms with van der Waals surface area (Å²) < 4.78 is 0. The third-order valence-electron chi connectivity index (χ3n) is 4.45. The molecule has 2 rings (SSSR count). The Morgan fingerprint density at radius 1 is 1.33 bits per heavy atom. The maximum absolute atomic E-state index is 9.58. The van der Waals surface area contributed by atoms with Crippen molar-refractivity contribution in [2.24, 2.45) is 0 Å². The second kappa shape index (κ2) is 4.40. The molecule has 0 bridgehead atoms. The zero-order valence-electron chi connectivity index (χ0n) is 10.1. The van der Waals surface area contributed by atoms with Crippen LogP contribution in [0.2, 0.25) is 0 Å². The van der Waals surface area contributed by atoms with E-state index in [0.717, 1.165) is 19.0 Å². The molecule has 0 aromatic carbocycles. The third kappa shape index (κ3) is 2.05. The first-order valence-electron chi connectivity index (χ1n) is 6.20. The lowest BCUT2D eigenvalue weighted by atomic mass is 9.98. The molecule has 2 aliphatic rings. The van der Waals surface area contributed by atoms with Gasteiger partial charge in [-0.15, -0.1) is 0 Å². The fourth-order valence-corrected chi connectivity index (χ4v) is 3.10. The molecule has 2 fully saturated rings. The largest absolute Gasteiger partial charge is 0.394 e. The molecule has 0 aromatic heterocycles. The van der Waals surface area contributed by atoms with Crippen LogP contribution >= 0.6 is 0 Å². The van der Waals surface area contributed by atoms with Gasteiger partial charge in [0.05, 0.1) is 12.1 Å². The Balaban J connectivity index is 1.97. The van der Waals surface area contributed by atoms with Crippen molar-refractivity contribution < 1.29 is 5.11 Å². The van der Waals surface area contributed by atoms with Crippen molar-refractivity contribution in [1.29, 1.82) is 0 Å². The smallest absolute Gasteiger partial charge is 0.0628 e. The molecule has 1 heterocycles. The van der Waals surface area contributed by atoms with Gasteiger partial charge >= 0.3 is 0 Å². The minimum Gasteiger partial charge on any atom is -0.394 e. The molecule has 0 radical (unpaired) electrons. The highest BCUT2D eigenvalue weighted by molar-refractivity contribution is 4.99. The molecule has 1 aliphatic heterocycles. The van der Waals surface area contributed by atoms with E-state index >= 15 is 0 Å². The van der Waals surface area contributed by atoms with Crippen LogP contribution in [0.15, 0.2) is 0 Å². The van der Waals surface area contributed by atoms with Crippen molar-refractivity contribution in [3.05, 3.63) is 0 Å². The predicted octanol–water partition coefficient (Wildman–Crippen LogP) is 0.927. The highest BCUT2D eigenvalue weighted by atomic mass is 16.3. The molecule has 0 spiro atoms. The van der Waals surface area contributed by atoms with E-state index in [1.807, 2.05) is 0 Å². The average molecular weight is 212 g/mol. The van der Waals surface area contributed by atoms with E-state index in [0.29, 0.717) is 6.61 Å². The van der Waals surface area contributed by atoms with Gasteiger partial charge in [-0.25, -0.2) is 0 Å². The van der Waals surface area contributed by atoms with E-state index in [-0.39, 0.29) is 5.54 Å². The van der Waals surface area contributed by atoms with E-state index in [2.05, 4.69) is 23.9 Å². The van der Waals surface area contributed by atoms with E-state index in [4.69, 9.17) is 0 Å². The molecule has 1 N–H and O–H groups in total. The first-order valence-corrected chi connectivity index (χ1v) is 6.20. The summed E-state index contributed by atoms with van der Waals surface area (Å²) in [4.78, 5) is 4.81. The molecular weight excluding hydrogens is 188 g/mol. The summed E-state index contributed by atoms with van der Waals surface area (Å²) in [6.07, 6.45) is 6.65. The number of likely N-dealkylation sites (N-methyl/N-ethyl adjacent to an activating group) is 1. The molecule has 0 amide bonds. The number of nitrogens with zero attached hydrogens (tertiary/aromatic N) is 2. The van der Waals surface area contributed by atoms with Crippen molar-refractivity contribution in [1.82, 2.24) is 9.80 Å². The molecule has 1 saturated carbocycles. The molecular formula is C12H24N2O. The summed E-state index contributed by atoms with van der Waals surface area (Å²) in [7, 11) is 4.18. The SMILES string of the molecule is CN(C)C1(CO)CCN(C2CCCC2)C1. The van der Waals surface area contributed by atoms with Crippen LogP contribution in [0.5, 0.6) is 0 Å². The van der Waals surface area contributed by atoms with Gasteiger partial charge < -0.3 is 10.0 Å². The minimum absolute atomic E-state index is 0.0303. The van der Waals surface area contributed by atoms with Gasteiger partial charge in [0, 0.05) is 19.1 Å². The predicted molar refractivity (Wildman–Crippen MR) is 61.9 cm³/mol. The van der Waals surface area contributed by atoms with Crippen molar-refractivity contribution >= 4 is 0 Å². The van der Waals surface area contributed by atoms with Crippen LogP contribution in [0.3, 0.4) is 0 Å². The molecule has 15 heavy (non-hydrogen) atoms. The molecule has 3 heteroatoms. The van der Waals surface area contributed by atoms with E-state index < -0.39 is 0 Å². The van der Waals surface area contributed by atoms with Crippen LogP contribution < -0.4 is 0 Å². The van der Waals surface area contributed by atoms with E-state index in [9.17, 15) is 5.11 Å². The summed E-state index contributed by atoms with van der Waals surface area (Å²) >= 11 is 0. The van der Waals surface area contributed by atoms with Crippen LogP contribution in [0, 0.1) is 0 Å². The fraction of sp³-hybridized carbons (Fsp3) is 1.00. The second-order valence-corrected chi connectivity index (χ2v) is 5.44. The summed E-state index contributed by atoms with van der Waals surface area (Å²) in [5.41, 5.74) is 0.0303. The maximum Gasteiger partial charge on any atom is 0.0628 e. The quantitative estimate of drug-likeness (QED) is 0.754. The van der Waals surface area contributed by atoms with E-state index in [1.54, 1.807) is 0 Å². The van der Waals surface area contributed by atoms with Crippen molar-refractivity contribution in [3.63, 3.8) is 0 Å². The molecule has 3 nitrogen and oxygen atoms in total. The van der Waals surface area contributed by atoms with Gasteiger partial charge in [-0.05, 0) is 33.4 Å². The lowest BCUT2D eigenvalue weighted by Gasteiger charge is -2.35. The van der Waals surface area contributed by atoms with Crippen LogP contribution in [0.1, 0.15) is 32.1 Å². The summed E-state index contributed by atoms with van der Waals surface area (Å²) in [6, 6.07) is 0.804. The Hall–Kier alpha value is -0.120. The topological polar surface area (TPSA) is 26.7 Å². The zero-order valence-corrected chi connectivity index (χ0v) is 10.1. The average Bonchev–Trinajstić information content (AvgIpc) is 2.87. The fourth-order valence-electron chi connectivity index (χ4n) is 3.10. The van der Waals surface area contributed by atoms with Crippen LogP contribution in [0.25, 0.3) is 0 Å². The molecule has 1 atom stereocenters. The Kier molecular flexibility index (Phi) is 3.33. The Morgan fingerprint density at radius 3 is 2.47 bits per heavy atom. The monoisotopic (exact) mass is 212 g/mol. The number of likely N-dealkylation sites (tertiary alicyclic amines) is 1. The van der Waals surface area contributed by atoms with Gasteiger partial charge in [-0.1, -0.05) is 12.8 Å². The van der Waals surface area contributed by atoms with Crippen LogP contribution in [-0.4, -0.2) is 60.3 Å². The van der Waals surface area contributed by atoms with Gasteiger partial charge in [0.25, 0.3) is 0 Å². The number of hydrogen-bond acceptors (Lipinski definition) is 3.